The van der Waals surface area contributed by atoms with Crippen molar-refractivity contribution >= 4 is 35.2 Å². The van der Waals surface area contributed by atoms with Crippen molar-refractivity contribution in [3.8, 4) is 0 Å². The molecule has 2 aliphatic heterocycles. The second kappa shape index (κ2) is 7.92. The summed E-state index contributed by atoms with van der Waals surface area (Å²) in [5.74, 6) is 0.0681. The first kappa shape index (κ1) is 19.7. The van der Waals surface area contributed by atoms with E-state index in [1.807, 2.05) is 31.2 Å². The summed E-state index contributed by atoms with van der Waals surface area (Å²) in [6.45, 7) is 5.91. The molecule has 7 heteroatoms. The molecule has 6 nitrogen and oxygen atoms in total. The zero-order chi connectivity index (χ0) is 19.6. The van der Waals surface area contributed by atoms with Gasteiger partial charge in [0.25, 0.3) is 5.91 Å². The Morgan fingerprint density at radius 2 is 2.07 bits per heavy atom. The summed E-state index contributed by atoms with van der Waals surface area (Å²) in [5.41, 5.74) is 1.89. The van der Waals surface area contributed by atoms with Crippen LogP contribution in [-0.4, -0.2) is 46.0 Å². The molecule has 0 aromatic heterocycles. The maximum atomic E-state index is 12.4. The first-order valence-corrected chi connectivity index (χ1v) is 10.3. The summed E-state index contributed by atoms with van der Waals surface area (Å²) in [7, 11) is 0. The van der Waals surface area contributed by atoms with Crippen LogP contribution in [0.1, 0.15) is 51.5 Å². The van der Waals surface area contributed by atoms with E-state index in [4.69, 9.17) is 4.74 Å². The molecule has 0 spiro atoms. The molecule has 27 heavy (non-hydrogen) atoms. The lowest BCUT2D eigenvalue weighted by Crippen LogP contribution is -2.47. The first-order chi connectivity index (χ1) is 12.8. The van der Waals surface area contributed by atoms with Crippen LogP contribution in [0.5, 0.6) is 0 Å². The van der Waals surface area contributed by atoms with Crippen LogP contribution < -0.4 is 5.32 Å². The van der Waals surface area contributed by atoms with E-state index < -0.39 is 12.0 Å². The third kappa shape index (κ3) is 4.13. The minimum atomic E-state index is -0.599. The number of nitrogens with one attached hydrogen (secondary N) is 1. The molecule has 146 valence electrons. The SMILES string of the molecule is CC[C@H](C)c1ccc(NC(=O)COC(=O)[C@H]2CS[C@@]3(C)CCC(=O)N23)cc1. The summed E-state index contributed by atoms with van der Waals surface area (Å²) >= 11 is 1.60. The van der Waals surface area contributed by atoms with Gasteiger partial charge in [-0.1, -0.05) is 26.0 Å². The number of hydrogen-bond donors (Lipinski definition) is 1. The Morgan fingerprint density at radius 3 is 2.74 bits per heavy atom. The van der Waals surface area contributed by atoms with Gasteiger partial charge in [0.1, 0.15) is 6.04 Å². The van der Waals surface area contributed by atoms with E-state index in [0.717, 1.165) is 12.8 Å². The van der Waals surface area contributed by atoms with Gasteiger partial charge in [0.05, 0.1) is 4.87 Å². The number of benzene rings is 1. The van der Waals surface area contributed by atoms with Crippen molar-refractivity contribution in [2.24, 2.45) is 0 Å². The molecule has 1 N–H and O–H groups in total. The van der Waals surface area contributed by atoms with E-state index in [-0.39, 0.29) is 23.3 Å². The Bertz CT molecular complexity index is 736. The zero-order valence-electron chi connectivity index (χ0n) is 16.0. The van der Waals surface area contributed by atoms with Gasteiger partial charge in [-0.05, 0) is 43.4 Å². The molecule has 3 atom stereocenters. The molecular formula is C20H26N2O4S. The summed E-state index contributed by atoms with van der Waals surface area (Å²) in [6.07, 6.45) is 2.26. The molecule has 2 saturated heterocycles. The number of nitrogens with zero attached hydrogens (tertiary/aromatic N) is 1. The minimum Gasteiger partial charge on any atom is -0.454 e. The highest BCUT2D eigenvalue weighted by atomic mass is 32.2. The van der Waals surface area contributed by atoms with Gasteiger partial charge < -0.3 is 15.0 Å². The third-order valence-electron chi connectivity index (χ3n) is 5.44. The van der Waals surface area contributed by atoms with Crippen LogP contribution in [0.3, 0.4) is 0 Å². The van der Waals surface area contributed by atoms with Gasteiger partial charge in [-0.2, -0.15) is 0 Å². The van der Waals surface area contributed by atoms with Gasteiger partial charge in [-0.15, -0.1) is 11.8 Å². The number of thioether (sulfide) groups is 1. The monoisotopic (exact) mass is 390 g/mol. The molecule has 2 fully saturated rings. The van der Waals surface area contributed by atoms with Gasteiger partial charge in [0.2, 0.25) is 5.91 Å². The predicted molar refractivity (Wildman–Crippen MR) is 105 cm³/mol. The Labute approximate surface area is 164 Å². The summed E-state index contributed by atoms with van der Waals surface area (Å²) in [6, 6.07) is 7.08. The first-order valence-electron chi connectivity index (χ1n) is 9.36. The van der Waals surface area contributed by atoms with E-state index in [2.05, 4.69) is 19.2 Å². The van der Waals surface area contributed by atoms with Crippen LogP contribution >= 0.6 is 11.8 Å². The van der Waals surface area contributed by atoms with Crippen molar-refractivity contribution in [1.82, 2.24) is 4.90 Å². The fraction of sp³-hybridized carbons (Fsp3) is 0.550. The summed E-state index contributed by atoms with van der Waals surface area (Å²) in [4.78, 5) is 37.9. The Morgan fingerprint density at radius 1 is 1.37 bits per heavy atom. The van der Waals surface area contributed by atoms with Crippen LogP contribution in [-0.2, 0) is 19.1 Å². The smallest absolute Gasteiger partial charge is 0.330 e. The highest BCUT2D eigenvalue weighted by molar-refractivity contribution is 8.01. The van der Waals surface area contributed by atoms with Crippen molar-refractivity contribution in [2.45, 2.75) is 56.9 Å². The largest absolute Gasteiger partial charge is 0.454 e. The van der Waals surface area contributed by atoms with Gasteiger partial charge >= 0.3 is 5.97 Å². The van der Waals surface area contributed by atoms with Crippen molar-refractivity contribution < 1.29 is 19.1 Å². The molecule has 2 heterocycles. The Kier molecular flexibility index (Phi) is 5.79. The van der Waals surface area contributed by atoms with E-state index in [9.17, 15) is 14.4 Å². The lowest BCUT2D eigenvalue weighted by molar-refractivity contribution is -0.155. The van der Waals surface area contributed by atoms with E-state index in [0.29, 0.717) is 23.8 Å². The topological polar surface area (TPSA) is 75.7 Å². The van der Waals surface area contributed by atoms with Crippen molar-refractivity contribution in [3.63, 3.8) is 0 Å². The highest BCUT2D eigenvalue weighted by Crippen LogP contribution is 2.47. The second-order valence-electron chi connectivity index (χ2n) is 7.35. The fourth-order valence-electron chi connectivity index (χ4n) is 3.56. The molecule has 0 radical (unpaired) electrons. The number of hydrogen-bond acceptors (Lipinski definition) is 5. The maximum Gasteiger partial charge on any atom is 0.330 e. The van der Waals surface area contributed by atoms with E-state index in [1.54, 1.807) is 16.7 Å². The van der Waals surface area contributed by atoms with Gasteiger partial charge in [0.15, 0.2) is 6.61 Å². The molecule has 2 aliphatic rings. The van der Waals surface area contributed by atoms with Crippen LogP contribution in [0.2, 0.25) is 0 Å². The van der Waals surface area contributed by atoms with Crippen LogP contribution in [0.15, 0.2) is 24.3 Å². The molecule has 3 rings (SSSR count). The molecule has 2 amide bonds. The van der Waals surface area contributed by atoms with Gasteiger partial charge in [0, 0.05) is 17.9 Å². The molecule has 0 aliphatic carbocycles. The number of amides is 2. The number of anilines is 1. The van der Waals surface area contributed by atoms with Gasteiger partial charge in [-0.3, -0.25) is 9.59 Å². The van der Waals surface area contributed by atoms with E-state index in [1.165, 1.54) is 5.56 Å². The maximum absolute atomic E-state index is 12.4. The lowest BCUT2D eigenvalue weighted by Gasteiger charge is -2.29. The molecular weight excluding hydrogens is 364 g/mol. The van der Waals surface area contributed by atoms with Crippen molar-refractivity contribution in [2.75, 3.05) is 17.7 Å². The summed E-state index contributed by atoms with van der Waals surface area (Å²) < 4.78 is 5.18. The number of ether oxygens (including phenoxy) is 1. The van der Waals surface area contributed by atoms with Crippen LogP contribution in [0.25, 0.3) is 0 Å². The Hall–Kier alpha value is -2.02. The standard InChI is InChI=1S/C20H26N2O4S/c1-4-13(2)14-5-7-15(8-6-14)21-17(23)11-26-19(25)16-12-27-20(3)10-9-18(24)22(16)20/h5-8,13,16H,4,9-12H2,1-3H3,(H,21,23)/t13-,16+,20-/m0/s1. The van der Waals surface area contributed by atoms with Gasteiger partial charge in [-0.25, -0.2) is 4.79 Å². The Balaban J connectivity index is 1.50. The second-order valence-corrected chi connectivity index (χ2v) is 8.85. The normalized spacial score (nSPS) is 25.2. The number of carbonyl (C=O) groups is 3. The van der Waals surface area contributed by atoms with Crippen LogP contribution in [0, 0.1) is 0 Å². The lowest BCUT2D eigenvalue weighted by atomic mass is 9.99. The number of esters is 1. The summed E-state index contributed by atoms with van der Waals surface area (Å²) in [5, 5.41) is 2.73. The third-order valence-corrected chi connectivity index (χ3v) is 6.94. The van der Waals surface area contributed by atoms with E-state index >= 15 is 0 Å². The number of carbonyl (C=O) groups excluding carboxylic acids is 3. The number of fused-ring (bicyclic) bond motifs is 1. The van der Waals surface area contributed by atoms with Crippen molar-refractivity contribution in [3.05, 3.63) is 29.8 Å². The quantitative estimate of drug-likeness (QED) is 0.755. The molecule has 0 saturated carbocycles. The molecule has 0 unspecified atom stereocenters. The predicted octanol–water partition coefficient (Wildman–Crippen LogP) is 3.14. The highest BCUT2D eigenvalue weighted by Gasteiger charge is 2.53. The zero-order valence-corrected chi connectivity index (χ0v) is 16.8. The molecule has 1 aromatic rings. The average Bonchev–Trinajstić information content (AvgIpc) is 3.15. The fourth-order valence-corrected chi connectivity index (χ4v) is 4.97. The molecule has 1 aromatic carbocycles. The van der Waals surface area contributed by atoms with Crippen LogP contribution in [0.4, 0.5) is 5.69 Å². The molecule has 0 bridgehead atoms. The number of rotatable bonds is 6. The minimum absolute atomic E-state index is 0.0182. The van der Waals surface area contributed by atoms with Crippen molar-refractivity contribution in [1.29, 1.82) is 0 Å². The average molecular weight is 391 g/mol.